The molecule has 11 aromatic rings. The molecule has 8 heterocycles. The molecule has 19 heteroatoms. The molecular formula is C61H58N12O7. The molecule has 2 aliphatic carbocycles. The summed E-state index contributed by atoms with van der Waals surface area (Å²) in [4.78, 5) is 33.7. The predicted octanol–water partition coefficient (Wildman–Crippen LogP) is 14.2. The monoisotopic (exact) mass is 1070 g/mol. The lowest BCUT2D eigenvalue weighted by molar-refractivity contribution is 0.314. The van der Waals surface area contributed by atoms with Crippen molar-refractivity contribution in [1.82, 2.24) is 60.5 Å². The molecule has 0 N–H and O–H groups in total. The van der Waals surface area contributed by atoms with E-state index in [9.17, 15) is 0 Å². The smallest absolute Gasteiger partial charge is 0.258 e. The third-order valence-corrected chi connectivity index (χ3v) is 13.0. The lowest BCUT2D eigenvalue weighted by Crippen LogP contribution is -2.04. The maximum atomic E-state index is 5.83. The second-order valence-corrected chi connectivity index (χ2v) is 18.5. The highest BCUT2D eigenvalue weighted by molar-refractivity contribution is 5.63. The number of pyridine rings is 4. The summed E-state index contributed by atoms with van der Waals surface area (Å²) in [7, 11) is 0. The van der Waals surface area contributed by atoms with Crippen LogP contribution in [0.15, 0.2) is 189 Å². The van der Waals surface area contributed by atoms with Gasteiger partial charge in [0.25, 0.3) is 11.8 Å². The van der Waals surface area contributed by atoms with Crippen molar-refractivity contribution >= 4 is 0 Å². The van der Waals surface area contributed by atoms with Crippen LogP contribution in [0.2, 0.25) is 0 Å². The number of ether oxygens (including phenoxy) is 3. The second kappa shape index (κ2) is 27.5. The van der Waals surface area contributed by atoms with E-state index in [4.69, 9.17) is 32.3 Å². The first kappa shape index (κ1) is 53.6. The van der Waals surface area contributed by atoms with E-state index < -0.39 is 0 Å². The summed E-state index contributed by atoms with van der Waals surface area (Å²) in [6, 6.07) is 37.6. The first-order chi connectivity index (χ1) is 39.5. The zero-order chi connectivity index (χ0) is 54.6. The molecule has 0 radical (unpaired) electrons. The Morgan fingerprint density at radius 3 is 1.20 bits per heavy atom. The van der Waals surface area contributed by atoms with Crippen LogP contribution in [0.5, 0.6) is 23.0 Å². The maximum Gasteiger partial charge on any atom is 0.258 e. The third kappa shape index (κ3) is 14.6. The molecule has 0 bridgehead atoms. The fourth-order valence-electron chi connectivity index (χ4n) is 8.99. The molecule has 8 aromatic heterocycles. The van der Waals surface area contributed by atoms with Crippen LogP contribution in [0.1, 0.15) is 95.3 Å². The van der Waals surface area contributed by atoms with Gasteiger partial charge in [0.15, 0.2) is 0 Å². The molecule has 0 aliphatic heterocycles. The summed E-state index contributed by atoms with van der Waals surface area (Å²) in [5.74, 6) is 8.69. The fourth-order valence-corrected chi connectivity index (χ4v) is 8.99. The van der Waals surface area contributed by atoms with Crippen molar-refractivity contribution in [1.29, 1.82) is 0 Å². The summed E-state index contributed by atoms with van der Waals surface area (Å²) in [6.45, 7) is 5.00. The van der Waals surface area contributed by atoms with E-state index in [1.165, 1.54) is 57.8 Å². The molecule has 0 saturated heterocycles. The zero-order valence-corrected chi connectivity index (χ0v) is 44.3. The van der Waals surface area contributed by atoms with E-state index in [1.54, 1.807) is 49.6 Å². The molecule has 0 unspecified atom stereocenters. The minimum atomic E-state index is 0.416. The molecule has 0 amide bonds. The predicted molar refractivity (Wildman–Crippen MR) is 297 cm³/mol. The summed E-state index contributed by atoms with van der Waals surface area (Å²) < 4.78 is 38.4. The van der Waals surface area contributed by atoms with Gasteiger partial charge in [-0.25, -0.2) is 0 Å². The maximum absolute atomic E-state index is 5.83. The SMILES string of the molecule is CCOc1cc(OCC)cc(-c2nc(-c3ccncc3)no2)c1.c1cc(-c2noc(C3CCCC3)n2)ccn1.c1cc(-c2noc(C3CCCCC3)n2)ccn1.c1ccc(Oc2cccc(-c3nc(-c4ccncc4)no3)c2)cc1. The van der Waals surface area contributed by atoms with Crippen molar-refractivity contribution in [3.05, 3.63) is 183 Å². The van der Waals surface area contributed by atoms with Gasteiger partial charge in [0.2, 0.25) is 35.1 Å². The van der Waals surface area contributed by atoms with Gasteiger partial charge in [-0.15, -0.1) is 0 Å². The number of hydrogen-bond acceptors (Lipinski definition) is 19. The third-order valence-electron chi connectivity index (χ3n) is 13.0. The Hall–Kier alpha value is -9.78. The number of hydrogen-bond donors (Lipinski definition) is 0. The van der Waals surface area contributed by atoms with Crippen molar-refractivity contribution in [2.75, 3.05) is 13.2 Å². The molecular weight excluding hydrogens is 1010 g/mol. The van der Waals surface area contributed by atoms with Gasteiger partial charge in [-0.05, 0) is 131 Å². The topological polar surface area (TPSA) is 235 Å². The van der Waals surface area contributed by atoms with E-state index in [0.29, 0.717) is 77.4 Å². The van der Waals surface area contributed by atoms with Crippen LogP contribution in [-0.4, -0.2) is 73.7 Å². The van der Waals surface area contributed by atoms with Crippen molar-refractivity contribution in [2.45, 2.75) is 83.5 Å². The zero-order valence-electron chi connectivity index (χ0n) is 44.3. The average Bonchev–Trinajstić information content (AvgIpc) is 4.41. The molecule has 2 saturated carbocycles. The Balaban J connectivity index is 0.000000122. The van der Waals surface area contributed by atoms with Gasteiger partial charge in [-0.2, -0.15) is 19.9 Å². The highest BCUT2D eigenvalue weighted by Crippen LogP contribution is 2.35. The van der Waals surface area contributed by atoms with Crippen molar-refractivity contribution in [2.24, 2.45) is 0 Å². The molecule has 404 valence electrons. The minimum Gasteiger partial charge on any atom is -0.494 e. The Bertz CT molecular complexity index is 3550. The van der Waals surface area contributed by atoms with Gasteiger partial charge in [-0.3, -0.25) is 19.9 Å². The van der Waals surface area contributed by atoms with Crippen LogP contribution < -0.4 is 14.2 Å². The lowest BCUT2D eigenvalue weighted by atomic mass is 9.89. The first-order valence-electron chi connectivity index (χ1n) is 26.8. The van der Waals surface area contributed by atoms with Crippen LogP contribution >= 0.6 is 0 Å². The van der Waals surface area contributed by atoms with Crippen LogP contribution in [0.4, 0.5) is 0 Å². The van der Waals surface area contributed by atoms with Gasteiger partial charge in [0, 0.05) is 101 Å². The number of rotatable bonds is 14. The molecule has 2 aliphatic rings. The van der Waals surface area contributed by atoms with Crippen LogP contribution in [0.25, 0.3) is 68.5 Å². The number of nitrogens with zero attached hydrogens (tertiary/aromatic N) is 12. The first-order valence-corrected chi connectivity index (χ1v) is 26.8. The van der Waals surface area contributed by atoms with E-state index in [0.717, 1.165) is 50.9 Å². The number of aromatic nitrogens is 12. The molecule has 3 aromatic carbocycles. The van der Waals surface area contributed by atoms with E-state index in [2.05, 4.69) is 60.5 Å². The van der Waals surface area contributed by atoms with Crippen molar-refractivity contribution in [3.63, 3.8) is 0 Å². The quantitative estimate of drug-likeness (QED) is 0.0984. The van der Waals surface area contributed by atoms with E-state index in [1.807, 2.05) is 135 Å². The summed E-state index contributed by atoms with van der Waals surface area (Å²) >= 11 is 0. The van der Waals surface area contributed by atoms with Gasteiger partial charge in [-0.1, -0.05) is 77.0 Å². The van der Waals surface area contributed by atoms with Crippen molar-refractivity contribution < 1.29 is 32.3 Å². The Morgan fingerprint density at radius 1 is 0.362 bits per heavy atom. The highest BCUT2D eigenvalue weighted by Gasteiger charge is 2.24. The van der Waals surface area contributed by atoms with Gasteiger partial charge < -0.3 is 32.3 Å². The largest absolute Gasteiger partial charge is 0.494 e. The number of benzene rings is 3. The molecule has 13 rings (SSSR count). The van der Waals surface area contributed by atoms with Crippen LogP contribution in [-0.2, 0) is 0 Å². The van der Waals surface area contributed by atoms with Gasteiger partial charge in [0.1, 0.15) is 23.0 Å². The molecule has 80 heavy (non-hydrogen) atoms. The van der Waals surface area contributed by atoms with Crippen molar-refractivity contribution in [3.8, 4) is 91.5 Å². The Morgan fingerprint density at radius 2 is 0.750 bits per heavy atom. The summed E-state index contributed by atoms with van der Waals surface area (Å²) in [6.07, 6.45) is 24.9. The minimum absolute atomic E-state index is 0.416. The van der Waals surface area contributed by atoms with Gasteiger partial charge >= 0.3 is 0 Å². The van der Waals surface area contributed by atoms with Gasteiger partial charge in [0.05, 0.1) is 13.2 Å². The molecule has 2 fully saturated rings. The summed E-state index contributed by atoms with van der Waals surface area (Å²) in [5.41, 5.74) is 5.19. The Labute approximate surface area is 461 Å². The Kier molecular flexibility index (Phi) is 18.4. The van der Waals surface area contributed by atoms with E-state index in [-0.39, 0.29) is 0 Å². The normalized spacial score (nSPS) is 13.2. The fraction of sp³-hybridized carbons (Fsp3) is 0.246. The van der Waals surface area contributed by atoms with Crippen LogP contribution in [0.3, 0.4) is 0 Å². The molecule has 0 spiro atoms. The van der Waals surface area contributed by atoms with Crippen LogP contribution in [0, 0.1) is 0 Å². The second-order valence-electron chi connectivity index (χ2n) is 18.5. The highest BCUT2D eigenvalue weighted by atomic mass is 16.5. The average molecular weight is 1070 g/mol. The summed E-state index contributed by atoms with van der Waals surface area (Å²) in [5, 5.41) is 16.1. The number of para-hydroxylation sites is 1. The molecule has 0 atom stereocenters. The lowest BCUT2D eigenvalue weighted by Gasteiger charge is -2.17. The van der Waals surface area contributed by atoms with E-state index >= 15 is 0 Å². The standard InChI is InChI=1S/C19H13N3O2.C17H17N3O3.C13H15N3O.C12H13N3O/c1-2-6-16(7-3-1)23-17-8-4-5-15(13-17)19-21-18(22-24-19)14-9-11-20-12-10-14;1-3-21-14-9-13(10-15(11-14)22-4-2)17-19-16(20-23-17)12-5-7-18-8-6-12;1-2-4-11(5-3-1)13-15-12(16-17-13)10-6-8-14-9-7-10;1-2-4-10(3-1)12-14-11(15-16-12)9-5-7-13-8-6-9/h1-13H;5-11H,3-4H2,1-2H3;6-9,11H,1-5H2;5-8,10H,1-4H2. The molecule has 19 nitrogen and oxygen atoms in total.